The van der Waals surface area contributed by atoms with E-state index in [-0.39, 0.29) is 12.4 Å². The zero-order chi connectivity index (χ0) is 13.8. The molecule has 1 heterocycles. The van der Waals surface area contributed by atoms with Crippen LogP contribution in [-0.4, -0.2) is 17.4 Å². The van der Waals surface area contributed by atoms with Crippen LogP contribution in [0.15, 0.2) is 60.8 Å². The first-order chi connectivity index (χ1) is 9.84. The van der Waals surface area contributed by atoms with Crippen LogP contribution < -0.4 is 0 Å². The van der Waals surface area contributed by atoms with Crippen molar-refractivity contribution in [2.75, 3.05) is 6.61 Å². The van der Waals surface area contributed by atoms with Gasteiger partial charge in [0.05, 0.1) is 6.61 Å². The summed E-state index contributed by atoms with van der Waals surface area (Å²) in [5.74, 6) is -0.00150. The topological polar surface area (TPSA) is 42.1 Å². The van der Waals surface area contributed by atoms with Crippen molar-refractivity contribution >= 4 is 16.7 Å². The minimum absolute atomic E-state index is 0.00150. The van der Waals surface area contributed by atoms with Crippen LogP contribution in [0.4, 0.5) is 0 Å². The minimum Gasteiger partial charge on any atom is -0.369 e. The molecule has 20 heavy (non-hydrogen) atoms. The molecule has 0 aliphatic carbocycles. The normalized spacial score (nSPS) is 10.8. The number of carbonyl (C=O) groups excluding carboxylic acids is 1. The fourth-order valence-electron chi connectivity index (χ4n) is 2.22. The van der Waals surface area contributed by atoms with Gasteiger partial charge in [0.25, 0.3) is 0 Å². The summed E-state index contributed by atoms with van der Waals surface area (Å²) in [4.78, 5) is 15.3. The van der Waals surface area contributed by atoms with Crippen LogP contribution in [0.25, 0.3) is 10.9 Å². The van der Waals surface area contributed by atoms with Crippen LogP contribution in [0, 0.1) is 0 Å². The number of ketones is 1. The summed E-state index contributed by atoms with van der Waals surface area (Å²) in [5.41, 5.74) is 2.73. The van der Waals surface area contributed by atoms with Crippen molar-refractivity contribution in [1.29, 1.82) is 0 Å². The van der Waals surface area contributed by atoms with Gasteiger partial charge >= 0.3 is 0 Å². The van der Waals surface area contributed by atoms with Gasteiger partial charge in [-0.25, -0.2) is 0 Å². The second-order valence-electron chi connectivity index (χ2n) is 4.65. The molecule has 2 aromatic carbocycles. The van der Waals surface area contributed by atoms with Crippen LogP contribution in [0.5, 0.6) is 0 Å². The maximum Gasteiger partial charge on any atom is 0.190 e. The number of aromatic nitrogens is 1. The van der Waals surface area contributed by atoms with Crippen molar-refractivity contribution in [2.45, 2.75) is 6.61 Å². The number of ether oxygens (including phenoxy) is 1. The van der Waals surface area contributed by atoms with Crippen LogP contribution >= 0.6 is 0 Å². The summed E-state index contributed by atoms with van der Waals surface area (Å²) in [6.45, 7) is 0.547. The smallest absolute Gasteiger partial charge is 0.190 e. The second kappa shape index (κ2) is 5.72. The Kier molecular flexibility index (Phi) is 3.61. The van der Waals surface area contributed by atoms with Gasteiger partial charge in [-0.15, -0.1) is 0 Å². The van der Waals surface area contributed by atoms with E-state index in [4.69, 9.17) is 4.74 Å². The molecule has 100 valence electrons. The molecule has 0 saturated heterocycles. The largest absolute Gasteiger partial charge is 0.369 e. The highest BCUT2D eigenvalue weighted by atomic mass is 16.5. The highest BCUT2D eigenvalue weighted by Crippen LogP contribution is 2.18. The molecule has 0 saturated carbocycles. The zero-order valence-corrected chi connectivity index (χ0v) is 11.0. The highest BCUT2D eigenvalue weighted by Gasteiger charge is 2.11. The molecule has 0 aliphatic rings. The van der Waals surface area contributed by atoms with Gasteiger partial charge in [0.2, 0.25) is 0 Å². The number of hydrogen-bond acceptors (Lipinski definition) is 2. The van der Waals surface area contributed by atoms with E-state index in [1.165, 1.54) is 0 Å². The lowest BCUT2D eigenvalue weighted by molar-refractivity contribution is 0.0728. The summed E-state index contributed by atoms with van der Waals surface area (Å²) < 4.78 is 5.49. The summed E-state index contributed by atoms with van der Waals surface area (Å²) in [6.07, 6.45) is 1.75. The Bertz CT molecular complexity index is 716. The molecule has 1 aromatic heterocycles. The maximum absolute atomic E-state index is 12.2. The zero-order valence-electron chi connectivity index (χ0n) is 11.0. The van der Waals surface area contributed by atoms with Gasteiger partial charge < -0.3 is 9.72 Å². The number of rotatable bonds is 5. The van der Waals surface area contributed by atoms with Crippen LogP contribution in [0.2, 0.25) is 0 Å². The Morgan fingerprint density at radius 1 is 1.00 bits per heavy atom. The van der Waals surface area contributed by atoms with E-state index < -0.39 is 0 Å². The average molecular weight is 265 g/mol. The predicted molar refractivity (Wildman–Crippen MR) is 78.7 cm³/mol. The van der Waals surface area contributed by atoms with E-state index in [0.717, 1.165) is 16.5 Å². The third-order valence-electron chi connectivity index (χ3n) is 3.23. The van der Waals surface area contributed by atoms with Gasteiger partial charge in [-0.05, 0) is 11.6 Å². The summed E-state index contributed by atoms with van der Waals surface area (Å²) in [6, 6.07) is 17.6. The Morgan fingerprint density at radius 2 is 1.75 bits per heavy atom. The molecule has 3 rings (SSSR count). The lowest BCUT2D eigenvalue weighted by Crippen LogP contribution is -2.08. The van der Waals surface area contributed by atoms with Crippen molar-refractivity contribution in [3.8, 4) is 0 Å². The van der Waals surface area contributed by atoms with Crippen molar-refractivity contribution in [3.05, 3.63) is 71.9 Å². The van der Waals surface area contributed by atoms with E-state index in [1.54, 1.807) is 6.20 Å². The number of H-pyrrole nitrogens is 1. The first-order valence-electron chi connectivity index (χ1n) is 6.55. The average Bonchev–Trinajstić information content (AvgIpc) is 2.92. The van der Waals surface area contributed by atoms with E-state index in [9.17, 15) is 4.79 Å². The molecule has 0 atom stereocenters. The Labute approximate surface area is 117 Å². The molecule has 0 fully saturated rings. The Balaban J connectivity index is 1.65. The van der Waals surface area contributed by atoms with Crippen molar-refractivity contribution in [1.82, 2.24) is 4.98 Å². The first kappa shape index (κ1) is 12.6. The Hall–Kier alpha value is -2.39. The van der Waals surface area contributed by atoms with Crippen LogP contribution in [0.3, 0.4) is 0 Å². The molecule has 3 heteroatoms. The quantitative estimate of drug-likeness (QED) is 0.717. The molecule has 0 aliphatic heterocycles. The molecule has 0 amide bonds. The number of benzene rings is 2. The standard InChI is InChI=1S/C17H15NO2/c19-17(12-20-11-13-6-2-1-3-7-13)15-10-18-16-9-5-4-8-14(15)16/h1-10,18H,11-12H2. The monoisotopic (exact) mass is 265 g/mol. The van der Waals surface area contributed by atoms with E-state index in [1.807, 2.05) is 54.6 Å². The fraction of sp³-hybridized carbons (Fsp3) is 0.118. The van der Waals surface area contributed by atoms with Crippen molar-refractivity contribution < 1.29 is 9.53 Å². The lowest BCUT2D eigenvalue weighted by atomic mass is 10.1. The molecule has 3 nitrogen and oxygen atoms in total. The van der Waals surface area contributed by atoms with Gasteiger partial charge in [-0.3, -0.25) is 4.79 Å². The van der Waals surface area contributed by atoms with E-state index in [0.29, 0.717) is 12.2 Å². The summed E-state index contributed by atoms with van der Waals surface area (Å²) in [7, 11) is 0. The Morgan fingerprint density at radius 3 is 2.60 bits per heavy atom. The molecular weight excluding hydrogens is 250 g/mol. The number of para-hydroxylation sites is 1. The predicted octanol–water partition coefficient (Wildman–Crippen LogP) is 3.57. The third-order valence-corrected chi connectivity index (χ3v) is 3.23. The third kappa shape index (κ3) is 2.63. The minimum atomic E-state index is -0.00150. The van der Waals surface area contributed by atoms with Gasteiger partial charge in [0, 0.05) is 22.7 Å². The van der Waals surface area contributed by atoms with Gasteiger partial charge in [0.15, 0.2) is 5.78 Å². The fourth-order valence-corrected chi connectivity index (χ4v) is 2.22. The van der Waals surface area contributed by atoms with Gasteiger partial charge in [-0.1, -0.05) is 48.5 Å². The number of aromatic amines is 1. The molecule has 1 N–H and O–H groups in total. The second-order valence-corrected chi connectivity index (χ2v) is 4.65. The van der Waals surface area contributed by atoms with Crippen LogP contribution in [-0.2, 0) is 11.3 Å². The van der Waals surface area contributed by atoms with Crippen molar-refractivity contribution in [2.24, 2.45) is 0 Å². The molecule has 0 bridgehead atoms. The number of hydrogen-bond donors (Lipinski definition) is 1. The SMILES string of the molecule is O=C(COCc1ccccc1)c1c[nH]c2ccccc12. The molecule has 0 radical (unpaired) electrons. The summed E-state index contributed by atoms with van der Waals surface area (Å²) in [5, 5.41) is 0.945. The summed E-state index contributed by atoms with van der Waals surface area (Å²) >= 11 is 0. The van der Waals surface area contributed by atoms with Gasteiger partial charge in [-0.2, -0.15) is 0 Å². The molecule has 0 unspecified atom stereocenters. The lowest BCUT2D eigenvalue weighted by Gasteiger charge is -2.03. The number of Topliss-reactive ketones (excluding diaryl/α,β-unsaturated/α-hetero) is 1. The first-order valence-corrected chi connectivity index (χ1v) is 6.55. The number of nitrogens with one attached hydrogen (secondary N) is 1. The van der Waals surface area contributed by atoms with E-state index in [2.05, 4.69) is 4.98 Å². The van der Waals surface area contributed by atoms with Crippen molar-refractivity contribution in [3.63, 3.8) is 0 Å². The van der Waals surface area contributed by atoms with E-state index >= 15 is 0 Å². The number of fused-ring (bicyclic) bond motifs is 1. The highest BCUT2D eigenvalue weighted by molar-refractivity contribution is 6.08. The van der Waals surface area contributed by atoms with Crippen LogP contribution in [0.1, 0.15) is 15.9 Å². The molecule has 0 spiro atoms. The molecular formula is C17H15NO2. The molecule has 3 aromatic rings. The number of carbonyl (C=O) groups is 1. The maximum atomic E-state index is 12.2. The van der Waals surface area contributed by atoms with Gasteiger partial charge in [0.1, 0.15) is 6.61 Å².